The maximum Gasteiger partial charge on any atom is 0.248 e. The summed E-state index contributed by atoms with van der Waals surface area (Å²) in [5.74, 6) is 0.826. The zero-order chi connectivity index (χ0) is 18.4. The Morgan fingerprint density at radius 1 is 0.885 bits per heavy atom. The minimum absolute atomic E-state index is 0.268. The minimum Gasteiger partial charge on any atom is -0.457 e. The quantitative estimate of drug-likeness (QED) is 0.520. The Bertz CT molecular complexity index is 904. The molecule has 5 heteroatoms. The number of carbonyl (C=O) groups is 1. The highest BCUT2D eigenvalue weighted by atomic mass is 79.9. The van der Waals surface area contributed by atoms with Crippen molar-refractivity contribution in [2.24, 2.45) is 0 Å². The maximum absolute atomic E-state index is 12.8. The molecular formula is C21H15BrFNO2. The lowest BCUT2D eigenvalue weighted by atomic mass is 10.2. The van der Waals surface area contributed by atoms with Gasteiger partial charge in [0.2, 0.25) is 5.91 Å². The van der Waals surface area contributed by atoms with Gasteiger partial charge in [0.05, 0.1) is 0 Å². The number of anilines is 1. The summed E-state index contributed by atoms with van der Waals surface area (Å²) >= 11 is 3.38. The van der Waals surface area contributed by atoms with E-state index in [2.05, 4.69) is 21.2 Å². The van der Waals surface area contributed by atoms with Gasteiger partial charge in [-0.05, 0) is 72.3 Å². The largest absolute Gasteiger partial charge is 0.457 e. The fraction of sp³-hybridized carbons (Fsp3) is 0. The topological polar surface area (TPSA) is 38.3 Å². The van der Waals surface area contributed by atoms with Gasteiger partial charge in [0.1, 0.15) is 17.3 Å². The summed E-state index contributed by atoms with van der Waals surface area (Å²) in [6.45, 7) is 0. The van der Waals surface area contributed by atoms with Gasteiger partial charge >= 0.3 is 0 Å². The van der Waals surface area contributed by atoms with Gasteiger partial charge in [0.15, 0.2) is 0 Å². The lowest BCUT2D eigenvalue weighted by Gasteiger charge is -2.07. The van der Waals surface area contributed by atoms with E-state index in [-0.39, 0.29) is 11.7 Å². The van der Waals surface area contributed by atoms with Crippen LogP contribution >= 0.6 is 15.9 Å². The monoisotopic (exact) mass is 411 g/mol. The van der Waals surface area contributed by atoms with Crippen LogP contribution in [-0.4, -0.2) is 5.91 Å². The molecule has 0 radical (unpaired) electrons. The first kappa shape index (κ1) is 17.9. The average Bonchev–Trinajstić information content (AvgIpc) is 2.65. The molecule has 3 aromatic rings. The van der Waals surface area contributed by atoms with Crippen LogP contribution in [-0.2, 0) is 4.79 Å². The minimum atomic E-state index is -0.308. The summed E-state index contributed by atoms with van der Waals surface area (Å²) < 4.78 is 19.6. The number of benzene rings is 3. The van der Waals surface area contributed by atoms with E-state index in [0.717, 1.165) is 15.8 Å². The predicted molar refractivity (Wildman–Crippen MR) is 105 cm³/mol. The van der Waals surface area contributed by atoms with E-state index in [9.17, 15) is 9.18 Å². The van der Waals surface area contributed by atoms with Crippen molar-refractivity contribution in [3.8, 4) is 11.5 Å². The second-order valence-electron chi connectivity index (χ2n) is 5.45. The Morgan fingerprint density at radius 2 is 1.46 bits per heavy atom. The van der Waals surface area contributed by atoms with Crippen molar-refractivity contribution in [3.05, 3.63) is 94.7 Å². The molecule has 0 aliphatic rings. The van der Waals surface area contributed by atoms with Crippen molar-refractivity contribution in [3.63, 3.8) is 0 Å². The Hall–Kier alpha value is -2.92. The molecule has 3 aromatic carbocycles. The number of halogens is 2. The van der Waals surface area contributed by atoms with Crippen LogP contribution in [0.15, 0.2) is 83.3 Å². The summed E-state index contributed by atoms with van der Waals surface area (Å²) in [7, 11) is 0. The molecule has 0 aliphatic heterocycles. The summed E-state index contributed by atoms with van der Waals surface area (Å²) in [5, 5.41) is 2.76. The number of nitrogens with one attached hydrogen (secondary N) is 1. The molecule has 0 aromatic heterocycles. The lowest BCUT2D eigenvalue weighted by Crippen LogP contribution is -2.07. The molecule has 3 nitrogen and oxygen atoms in total. The molecule has 0 saturated heterocycles. The molecule has 3 rings (SSSR count). The Balaban J connectivity index is 1.57. The SMILES string of the molecule is O=C(/C=C/c1ccc(F)cc1)Nc1ccc(Oc2ccc(Br)cc2)cc1. The number of carbonyl (C=O) groups excluding carboxylic acids is 1. The van der Waals surface area contributed by atoms with Gasteiger partial charge in [0.25, 0.3) is 0 Å². The Kier molecular flexibility index (Phi) is 5.81. The highest BCUT2D eigenvalue weighted by Gasteiger charge is 2.01. The smallest absolute Gasteiger partial charge is 0.248 e. The van der Waals surface area contributed by atoms with Crippen LogP contribution in [0.3, 0.4) is 0 Å². The van der Waals surface area contributed by atoms with Crippen molar-refractivity contribution < 1.29 is 13.9 Å². The molecule has 0 heterocycles. The van der Waals surface area contributed by atoms with Crippen LogP contribution in [0.2, 0.25) is 0 Å². The molecule has 1 N–H and O–H groups in total. The van der Waals surface area contributed by atoms with Gasteiger partial charge in [-0.3, -0.25) is 4.79 Å². The van der Waals surface area contributed by atoms with E-state index in [1.165, 1.54) is 18.2 Å². The highest BCUT2D eigenvalue weighted by molar-refractivity contribution is 9.10. The second-order valence-corrected chi connectivity index (χ2v) is 6.37. The zero-order valence-electron chi connectivity index (χ0n) is 13.7. The third-order valence-corrected chi connectivity index (χ3v) is 4.00. The molecule has 130 valence electrons. The Morgan fingerprint density at radius 3 is 2.08 bits per heavy atom. The summed E-state index contributed by atoms with van der Waals surface area (Å²) in [4.78, 5) is 12.0. The first-order chi connectivity index (χ1) is 12.6. The normalized spacial score (nSPS) is 10.7. The van der Waals surface area contributed by atoms with Crippen molar-refractivity contribution >= 4 is 33.6 Å². The van der Waals surface area contributed by atoms with E-state index in [0.29, 0.717) is 11.4 Å². The van der Waals surface area contributed by atoms with Crippen molar-refractivity contribution in [1.82, 2.24) is 0 Å². The molecule has 0 fully saturated rings. The molecule has 0 bridgehead atoms. The molecule has 26 heavy (non-hydrogen) atoms. The number of amides is 1. The van der Waals surface area contributed by atoms with E-state index in [4.69, 9.17) is 4.74 Å². The molecule has 0 spiro atoms. The van der Waals surface area contributed by atoms with Crippen LogP contribution in [0.5, 0.6) is 11.5 Å². The van der Waals surface area contributed by atoms with E-state index in [1.807, 2.05) is 24.3 Å². The average molecular weight is 412 g/mol. The summed E-state index contributed by atoms with van der Waals surface area (Å²) in [6, 6.07) is 20.5. The fourth-order valence-corrected chi connectivity index (χ4v) is 2.44. The fourth-order valence-electron chi connectivity index (χ4n) is 2.17. The van der Waals surface area contributed by atoms with Crippen LogP contribution in [0, 0.1) is 5.82 Å². The van der Waals surface area contributed by atoms with Gasteiger partial charge in [-0.1, -0.05) is 28.1 Å². The lowest BCUT2D eigenvalue weighted by molar-refractivity contribution is -0.111. The van der Waals surface area contributed by atoms with Gasteiger partial charge in [-0.15, -0.1) is 0 Å². The van der Waals surface area contributed by atoms with Crippen molar-refractivity contribution in [1.29, 1.82) is 0 Å². The van der Waals surface area contributed by atoms with Gasteiger partial charge < -0.3 is 10.1 Å². The van der Waals surface area contributed by atoms with Crippen LogP contribution < -0.4 is 10.1 Å². The summed E-state index contributed by atoms with van der Waals surface area (Å²) in [5.41, 5.74) is 1.40. The first-order valence-corrected chi connectivity index (χ1v) is 8.66. The van der Waals surface area contributed by atoms with Gasteiger partial charge in [-0.25, -0.2) is 4.39 Å². The second kappa shape index (κ2) is 8.45. The number of hydrogen-bond donors (Lipinski definition) is 1. The molecule has 0 aliphatic carbocycles. The number of rotatable bonds is 5. The zero-order valence-corrected chi connectivity index (χ0v) is 15.2. The third-order valence-electron chi connectivity index (χ3n) is 3.47. The first-order valence-electron chi connectivity index (χ1n) is 7.87. The molecule has 1 amide bonds. The van der Waals surface area contributed by atoms with E-state index >= 15 is 0 Å². The van der Waals surface area contributed by atoms with Gasteiger partial charge in [0, 0.05) is 16.2 Å². The van der Waals surface area contributed by atoms with Gasteiger partial charge in [-0.2, -0.15) is 0 Å². The third kappa shape index (κ3) is 5.29. The van der Waals surface area contributed by atoms with Crippen LogP contribution in [0.1, 0.15) is 5.56 Å². The number of ether oxygens (including phenoxy) is 1. The Labute approximate surface area is 159 Å². The summed E-state index contributed by atoms with van der Waals surface area (Å²) in [6.07, 6.45) is 3.03. The molecule has 0 saturated carbocycles. The molecular weight excluding hydrogens is 397 g/mol. The van der Waals surface area contributed by atoms with Crippen LogP contribution in [0.25, 0.3) is 6.08 Å². The number of hydrogen-bond acceptors (Lipinski definition) is 2. The highest BCUT2D eigenvalue weighted by Crippen LogP contribution is 2.24. The van der Waals surface area contributed by atoms with Crippen LogP contribution in [0.4, 0.5) is 10.1 Å². The van der Waals surface area contributed by atoms with Crippen molar-refractivity contribution in [2.75, 3.05) is 5.32 Å². The molecule has 0 unspecified atom stereocenters. The van der Waals surface area contributed by atoms with E-state index < -0.39 is 0 Å². The van der Waals surface area contributed by atoms with Crippen molar-refractivity contribution in [2.45, 2.75) is 0 Å². The van der Waals surface area contributed by atoms with E-state index in [1.54, 1.807) is 42.5 Å². The predicted octanol–water partition coefficient (Wildman–Crippen LogP) is 6.03. The molecule has 0 atom stereocenters. The standard InChI is InChI=1S/C21H15BrFNO2/c22-16-4-10-19(11-5-16)26-20-12-8-18(9-13-20)24-21(25)14-3-15-1-6-17(23)7-2-15/h1-14H,(H,24,25)/b14-3+. The maximum atomic E-state index is 12.8.